The minimum absolute atomic E-state index is 0.0220. The van der Waals surface area contributed by atoms with E-state index in [2.05, 4.69) is 10.1 Å². The van der Waals surface area contributed by atoms with Gasteiger partial charge in [-0.25, -0.2) is 4.68 Å². The van der Waals surface area contributed by atoms with Crippen molar-refractivity contribution < 1.29 is 4.92 Å². The number of aromatic nitrogens is 3. The Morgan fingerprint density at radius 2 is 2.27 bits per heavy atom. The summed E-state index contributed by atoms with van der Waals surface area (Å²) in [6, 6.07) is 1.76. The van der Waals surface area contributed by atoms with Crippen molar-refractivity contribution >= 4 is 5.69 Å². The largest absolute Gasteiger partial charge is 0.307 e. The number of aryl methyl sites for hydroxylation is 1. The maximum absolute atomic E-state index is 10.5. The van der Waals surface area contributed by atoms with Gasteiger partial charge in [0.2, 0.25) is 0 Å². The van der Waals surface area contributed by atoms with Crippen molar-refractivity contribution in [3.05, 3.63) is 46.5 Å². The van der Waals surface area contributed by atoms with Crippen LogP contribution in [-0.2, 0) is 0 Å². The lowest BCUT2D eigenvalue weighted by atomic mass is 10.3. The van der Waals surface area contributed by atoms with Crippen LogP contribution < -0.4 is 0 Å². The van der Waals surface area contributed by atoms with Crippen LogP contribution in [0.1, 0.15) is 5.56 Å². The predicted molar refractivity (Wildman–Crippen MR) is 52.8 cm³/mol. The average Bonchev–Trinajstić information content (AvgIpc) is 2.67. The molecule has 0 fully saturated rings. The van der Waals surface area contributed by atoms with E-state index in [0.717, 1.165) is 11.3 Å². The summed E-state index contributed by atoms with van der Waals surface area (Å²) in [6.07, 6.45) is 5.90. The van der Waals surface area contributed by atoms with Crippen LogP contribution in [-0.4, -0.2) is 19.7 Å². The fourth-order valence-electron chi connectivity index (χ4n) is 1.26. The van der Waals surface area contributed by atoms with Gasteiger partial charge in [-0.1, -0.05) is 0 Å². The quantitative estimate of drug-likeness (QED) is 0.548. The second kappa shape index (κ2) is 3.49. The lowest BCUT2D eigenvalue weighted by Crippen LogP contribution is -1.97. The van der Waals surface area contributed by atoms with Gasteiger partial charge >= 0.3 is 5.69 Å². The summed E-state index contributed by atoms with van der Waals surface area (Å²) in [5.74, 6) is 0. The fraction of sp³-hybridized carbons (Fsp3) is 0.111. The smallest absolute Gasteiger partial charge is 0.264 e. The summed E-state index contributed by atoms with van der Waals surface area (Å²) in [5, 5.41) is 14.4. The van der Waals surface area contributed by atoms with Crippen LogP contribution in [0, 0.1) is 17.0 Å². The Kier molecular flexibility index (Phi) is 2.17. The number of pyridine rings is 1. The Labute approximate surface area is 85.3 Å². The SMILES string of the molecule is Cc1cnccc1-n1cc([N+](=O)[O-])cn1. The topological polar surface area (TPSA) is 73.8 Å². The molecule has 0 aliphatic rings. The van der Waals surface area contributed by atoms with Crippen molar-refractivity contribution in [2.75, 3.05) is 0 Å². The average molecular weight is 204 g/mol. The highest BCUT2D eigenvalue weighted by Crippen LogP contribution is 2.15. The highest BCUT2D eigenvalue weighted by molar-refractivity contribution is 5.39. The van der Waals surface area contributed by atoms with Crippen LogP contribution in [0.3, 0.4) is 0 Å². The molecule has 0 radical (unpaired) electrons. The summed E-state index contributed by atoms with van der Waals surface area (Å²) in [4.78, 5) is 13.9. The molecule has 0 aromatic carbocycles. The maximum atomic E-state index is 10.5. The van der Waals surface area contributed by atoms with Gasteiger partial charge in [-0.05, 0) is 18.6 Å². The van der Waals surface area contributed by atoms with Crippen molar-refractivity contribution in [3.63, 3.8) is 0 Å². The number of hydrogen-bond donors (Lipinski definition) is 0. The van der Waals surface area contributed by atoms with Gasteiger partial charge in [0.05, 0.1) is 10.6 Å². The zero-order valence-electron chi connectivity index (χ0n) is 7.99. The molecule has 2 aromatic rings. The van der Waals surface area contributed by atoms with Gasteiger partial charge in [0, 0.05) is 12.4 Å². The Balaban J connectivity index is 2.46. The Morgan fingerprint density at radius 3 is 2.87 bits per heavy atom. The van der Waals surface area contributed by atoms with Gasteiger partial charge in [-0.3, -0.25) is 15.1 Å². The fourth-order valence-corrected chi connectivity index (χ4v) is 1.26. The van der Waals surface area contributed by atoms with Crippen LogP contribution in [0.2, 0.25) is 0 Å². The first-order chi connectivity index (χ1) is 7.18. The van der Waals surface area contributed by atoms with Gasteiger partial charge in [0.15, 0.2) is 0 Å². The van der Waals surface area contributed by atoms with E-state index in [1.807, 2.05) is 6.92 Å². The van der Waals surface area contributed by atoms with Crippen LogP contribution in [0.4, 0.5) is 5.69 Å². The van der Waals surface area contributed by atoms with E-state index >= 15 is 0 Å². The Morgan fingerprint density at radius 1 is 1.47 bits per heavy atom. The number of rotatable bonds is 2. The van der Waals surface area contributed by atoms with E-state index < -0.39 is 4.92 Å². The number of hydrogen-bond acceptors (Lipinski definition) is 4. The molecule has 0 atom stereocenters. The predicted octanol–water partition coefficient (Wildman–Crippen LogP) is 1.48. The molecule has 2 heterocycles. The molecule has 0 spiro atoms. The molecular weight excluding hydrogens is 196 g/mol. The first-order valence-corrected chi connectivity index (χ1v) is 4.28. The van der Waals surface area contributed by atoms with Crippen LogP contribution >= 0.6 is 0 Å². The minimum Gasteiger partial charge on any atom is -0.264 e. The van der Waals surface area contributed by atoms with Crippen LogP contribution in [0.5, 0.6) is 0 Å². The maximum Gasteiger partial charge on any atom is 0.307 e. The number of nitrogens with zero attached hydrogens (tertiary/aromatic N) is 4. The van der Waals surface area contributed by atoms with Gasteiger partial charge in [-0.15, -0.1) is 0 Å². The van der Waals surface area contributed by atoms with Crippen LogP contribution in [0.25, 0.3) is 5.69 Å². The van der Waals surface area contributed by atoms with Crippen molar-refractivity contribution in [1.29, 1.82) is 0 Å². The van der Waals surface area contributed by atoms with E-state index in [0.29, 0.717) is 0 Å². The van der Waals surface area contributed by atoms with Crippen molar-refractivity contribution in [2.45, 2.75) is 6.92 Å². The lowest BCUT2D eigenvalue weighted by molar-refractivity contribution is -0.384. The molecule has 0 bridgehead atoms. The molecule has 0 amide bonds. The third-order valence-corrected chi connectivity index (χ3v) is 2.02. The molecule has 6 heteroatoms. The summed E-state index contributed by atoms with van der Waals surface area (Å²) < 4.78 is 1.47. The third-order valence-electron chi connectivity index (χ3n) is 2.02. The zero-order valence-corrected chi connectivity index (χ0v) is 7.99. The molecule has 0 aliphatic carbocycles. The van der Waals surface area contributed by atoms with Crippen LogP contribution in [0.15, 0.2) is 30.9 Å². The Hall–Kier alpha value is -2.24. The highest BCUT2D eigenvalue weighted by atomic mass is 16.6. The molecule has 15 heavy (non-hydrogen) atoms. The normalized spacial score (nSPS) is 10.2. The standard InChI is InChI=1S/C9H8N4O2/c1-7-4-10-3-2-9(7)12-6-8(5-11-12)13(14)15/h2-6H,1H3. The molecule has 0 unspecified atom stereocenters. The van der Waals surface area contributed by atoms with Gasteiger partial charge in [0.25, 0.3) is 0 Å². The highest BCUT2D eigenvalue weighted by Gasteiger charge is 2.10. The van der Waals surface area contributed by atoms with E-state index in [1.165, 1.54) is 17.1 Å². The van der Waals surface area contributed by atoms with E-state index in [4.69, 9.17) is 0 Å². The van der Waals surface area contributed by atoms with Crippen molar-refractivity contribution in [2.24, 2.45) is 0 Å². The molecule has 0 aliphatic heterocycles. The molecule has 76 valence electrons. The van der Waals surface area contributed by atoms with E-state index in [9.17, 15) is 10.1 Å². The van der Waals surface area contributed by atoms with Crippen molar-refractivity contribution in [3.8, 4) is 5.69 Å². The summed E-state index contributed by atoms with van der Waals surface area (Å²) in [7, 11) is 0. The summed E-state index contributed by atoms with van der Waals surface area (Å²) in [6.45, 7) is 1.87. The molecule has 2 rings (SSSR count). The Bertz CT molecular complexity index is 506. The molecule has 2 aromatic heterocycles. The molecule has 0 saturated heterocycles. The second-order valence-corrected chi connectivity index (χ2v) is 3.06. The second-order valence-electron chi connectivity index (χ2n) is 3.06. The van der Waals surface area contributed by atoms with Gasteiger partial charge in [-0.2, -0.15) is 5.10 Å². The zero-order chi connectivity index (χ0) is 10.8. The molecule has 6 nitrogen and oxygen atoms in total. The molecular formula is C9H8N4O2. The first-order valence-electron chi connectivity index (χ1n) is 4.28. The minimum atomic E-state index is -0.472. The first kappa shape index (κ1) is 9.32. The van der Waals surface area contributed by atoms with E-state index in [-0.39, 0.29) is 5.69 Å². The number of nitro groups is 1. The van der Waals surface area contributed by atoms with E-state index in [1.54, 1.807) is 18.5 Å². The van der Waals surface area contributed by atoms with Gasteiger partial charge in [0.1, 0.15) is 12.4 Å². The third kappa shape index (κ3) is 1.69. The monoisotopic (exact) mass is 204 g/mol. The summed E-state index contributed by atoms with van der Waals surface area (Å²) >= 11 is 0. The molecule has 0 N–H and O–H groups in total. The lowest BCUT2D eigenvalue weighted by Gasteiger charge is -2.02. The van der Waals surface area contributed by atoms with Gasteiger partial charge < -0.3 is 0 Å². The molecule has 0 saturated carbocycles. The summed E-state index contributed by atoms with van der Waals surface area (Å²) in [5.41, 5.74) is 1.68. The van der Waals surface area contributed by atoms with Crippen molar-refractivity contribution in [1.82, 2.24) is 14.8 Å².